The van der Waals surface area contributed by atoms with Crippen molar-refractivity contribution in [1.29, 1.82) is 5.26 Å². The monoisotopic (exact) mass is 757 g/mol. The first kappa shape index (κ1) is 35.1. The largest absolute Gasteiger partial charge is 0.420 e. The summed E-state index contributed by atoms with van der Waals surface area (Å²) in [6.07, 6.45) is -4.83. The smallest absolute Gasteiger partial charge is 0.309 e. The fraction of sp³-hybridized carbons (Fsp3) is 0.0577. The summed E-state index contributed by atoms with van der Waals surface area (Å²) in [5.74, 6) is 0. The number of aromatic nitrogens is 2. The Balaban J connectivity index is 1.38. The summed E-state index contributed by atoms with van der Waals surface area (Å²) in [6.45, 7) is 4.06. The molecule has 0 saturated heterocycles. The minimum Gasteiger partial charge on any atom is -0.309 e. The molecular formula is C52H34F3N3. The Morgan fingerprint density at radius 3 is 1.52 bits per heavy atom. The molecule has 0 spiro atoms. The molecule has 0 radical (unpaired) electrons. The van der Waals surface area contributed by atoms with Crippen molar-refractivity contribution in [2.75, 3.05) is 0 Å². The normalized spacial score (nSPS) is 11.9. The molecule has 0 fully saturated rings. The highest BCUT2D eigenvalue weighted by Crippen LogP contribution is 2.48. The zero-order chi connectivity index (χ0) is 39.7. The van der Waals surface area contributed by atoms with Crippen LogP contribution in [-0.4, -0.2) is 9.13 Å². The van der Waals surface area contributed by atoms with Crippen LogP contribution in [0, 0.1) is 25.2 Å². The Kier molecular flexibility index (Phi) is 8.10. The Hall–Kier alpha value is -7.36. The highest BCUT2D eigenvalue weighted by Gasteiger charge is 2.40. The minimum atomic E-state index is -4.83. The quantitative estimate of drug-likeness (QED) is 0.172. The fourth-order valence-corrected chi connectivity index (χ4v) is 8.72. The van der Waals surface area contributed by atoms with Crippen molar-refractivity contribution in [3.63, 3.8) is 0 Å². The summed E-state index contributed by atoms with van der Waals surface area (Å²) in [6, 6.07) is 56.1. The van der Waals surface area contributed by atoms with E-state index in [0.717, 1.165) is 54.9 Å². The Bertz CT molecular complexity index is 3320. The molecule has 6 heteroatoms. The fourth-order valence-electron chi connectivity index (χ4n) is 8.72. The highest BCUT2D eigenvalue weighted by atomic mass is 19.4. The molecule has 3 nitrogen and oxygen atoms in total. The molecule has 8 aromatic carbocycles. The van der Waals surface area contributed by atoms with E-state index < -0.39 is 11.7 Å². The van der Waals surface area contributed by atoms with E-state index in [-0.39, 0.29) is 11.4 Å². The van der Waals surface area contributed by atoms with Crippen LogP contribution in [0.5, 0.6) is 0 Å². The predicted octanol–water partition coefficient (Wildman–Crippen LogP) is 14.4. The van der Waals surface area contributed by atoms with Crippen LogP contribution in [0.25, 0.3) is 88.4 Å². The van der Waals surface area contributed by atoms with Crippen molar-refractivity contribution >= 4 is 43.6 Å². The van der Waals surface area contributed by atoms with E-state index in [4.69, 9.17) is 0 Å². The number of halogens is 3. The van der Waals surface area contributed by atoms with Gasteiger partial charge >= 0.3 is 6.18 Å². The van der Waals surface area contributed by atoms with E-state index in [9.17, 15) is 5.26 Å². The number of nitrogens with zero attached hydrogens (tertiary/aromatic N) is 3. The Morgan fingerprint density at radius 2 is 0.948 bits per heavy atom. The first-order valence-electron chi connectivity index (χ1n) is 19.1. The highest BCUT2D eigenvalue weighted by molar-refractivity contribution is 6.12. The zero-order valence-corrected chi connectivity index (χ0v) is 31.6. The number of rotatable bonds is 5. The topological polar surface area (TPSA) is 33.6 Å². The van der Waals surface area contributed by atoms with E-state index in [1.54, 1.807) is 45.5 Å². The van der Waals surface area contributed by atoms with Gasteiger partial charge in [-0.05, 0) is 84.1 Å². The SMILES string of the molecule is Cc1cccc(-c2ccc3c4ccccc4n(-c4ccc(-c5cccc(C#N)c5)c(-n5c6ccccc6c6ccc(-c7cccc(C)c7)cc65)c4C(F)(F)F)c3c2)c1. The summed E-state index contributed by atoms with van der Waals surface area (Å²) in [7, 11) is 0. The lowest BCUT2D eigenvalue weighted by Crippen LogP contribution is -2.17. The first-order chi connectivity index (χ1) is 28.2. The van der Waals surface area contributed by atoms with E-state index >= 15 is 13.2 Å². The van der Waals surface area contributed by atoms with Crippen LogP contribution in [0.1, 0.15) is 22.3 Å². The Morgan fingerprint density at radius 1 is 0.448 bits per heavy atom. The molecule has 0 aliphatic carbocycles. The van der Waals surface area contributed by atoms with Gasteiger partial charge in [0.05, 0.1) is 45.1 Å². The molecule has 10 aromatic rings. The first-order valence-corrected chi connectivity index (χ1v) is 19.1. The lowest BCUT2D eigenvalue weighted by molar-refractivity contribution is -0.137. The molecule has 278 valence electrons. The van der Waals surface area contributed by atoms with Gasteiger partial charge in [-0.25, -0.2) is 0 Å². The number of fused-ring (bicyclic) bond motifs is 6. The third-order valence-electron chi connectivity index (χ3n) is 11.3. The third kappa shape index (κ3) is 5.66. The molecule has 0 N–H and O–H groups in total. The van der Waals surface area contributed by atoms with E-state index in [0.29, 0.717) is 38.8 Å². The van der Waals surface area contributed by atoms with Crippen molar-refractivity contribution in [3.8, 4) is 50.8 Å². The van der Waals surface area contributed by atoms with Crippen molar-refractivity contribution in [2.45, 2.75) is 20.0 Å². The molecule has 0 aliphatic heterocycles. The predicted molar refractivity (Wildman–Crippen MR) is 231 cm³/mol. The number of aryl methyl sites for hydroxylation is 2. The van der Waals surface area contributed by atoms with Crippen LogP contribution in [0.15, 0.2) is 170 Å². The van der Waals surface area contributed by atoms with Gasteiger partial charge in [0.25, 0.3) is 0 Å². The molecule has 0 unspecified atom stereocenters. The van der Waals surface area contributed by atoms with E-state index in [2.05, 4.69) is 18.2 Å². The maximum absolute atomic E-state index is 16.6. The second-order valence-electron chi connectivity index (χ2n) is 15.0. The second-order valence-corrected chi connectivity index (χ2v) is 15.0. The number of hydrogen-bond acceptors (Lipinski definition) is 1. The van der Waals surface area contributed by atoms with Crippen molar-refractivity contribution < 1.29 is 13.2 Å². The van der Waals surface area contributed by atoms with Crippen molar-refractivity contribution in [2.24, 2.45) is 0 Å². The van der Waals surface area contributed by atoms with Crippen LogP contribution >= 0.6 is 0 Å². The minimum absolute atomic E-state index is 0.00606. The maximum atomic E-state index is 16.6. The molecule has 2 aromatic heterocycles. The van der Waals surface area contributed by atoms with Gasteiger partial charge < -0.3 is 9.13 Å². The van der Waals surface area contributed by atoms with E-state index in [1.807, 2.05) is 135 Å². The van der Waals surface area contributed by atoms with Crippen molar-refractivity contribution in [3.05, 3.63) is 192 Å². The van der Waals surface area contributed by atoms with Crippen LogP contribution < -0.4 is 0 Å². The molecule has 0 amide bonds. The van der Waals surface area contributed by atoms with Crippen LogP contribution in [0.2, 0.25) is 0 Å². The molecule has 0 atom stereocenters. The van der Waals surface area contributed by atoms with Gasteiger partial charge in [0, 0.05) is 27.1 Å². The lowest BCUT2D eigenvalue weighted by Gasteiger charge is -2.24. The van der Waals surface area contributed by atoms with Gasteiger partial charge in [-0.3, -0.25) is 0 Å². The maximum Gasteiger partial charge on any atom is 0.420 e. The number of alkyl halides is 3. The van der Waals surface area contributed by atoms with Gasteiger partial charge in [0.2, 0.25) is 0 Å². The van der Waals surface area contributed by atoms with Crippen LogP contribution in [0.3, 0.4) is 0 Å². The van der Waals surface area contributed by atoms with Gasteiger partial charge in [-0.2, -0.15) is 18.4 Å². The zero-order valence-electron chi connectivity index (χ0n) is 31.6. The summed E-state index contributed by atoms with van der Waals surface area (Å²) >= 11 is 0. The summed E-state index contributed by atoms with van der Waals surface area (Å²) in [5, 5.41) is 13.3. The third-order valence-corrected chi connectivity index (χ3v) is 11.3. The molecule has 2 heterocycles. The number of para-hydroxylation sites is 2. The summed E-state index contributed by atoms with van der Waals surface area (Å²) in [5.41, 5.74) is 9.00. The summed E-state index contributed by atoms with van der Waals surface area (Å²) in [4.78, 5) is 0. The number of hydrogen-bond donors (Lipinski definition) is 0. The average Bonchev–Trinajstić information content (AvgIpc) is 3.75. The van der Waals surface area contributed by atoms with E-state index in [1.165, 1.54) is 0 Å². The van der Waals surface area contributed by atoms with Gasteiger partial charge in [0.15, 0.2) is 0 Å². The van der Waals surface area contributed by atoms with Gasteiger partial charge in [0.1, 0.15) is 5.56 Å². The average molecular weight is 758 g/mol. The Labute approximate surface area is 333 Å². The molecule has 0 saturated carbocycles. The van der Waals surface area contributed by atoms with Crippen LogP contribution in [-0.2, 0) is 6.18 Å². The number of benzene rings is 8. The molecule has 0 bridgehead atoms. The lowest BCUT2D eigenvalue weighted by atomic mass is 9.96. The van der Waals surface area contributed by atoms with Gasteiger partial charge in [-0.1, -0.05) is 139 Å². The second kappa shape index (κ2) is 13.4. The van der Waals surface area contributed by atoms with Gasteiger partial charge in [-0.15, -0.1) is 0 Å². The standard InChI is InChI=1S/C52H34F3N3/c1-32-10-7-13-35(26-32)37-20-22-43-41-16-3-5-18-45(41)57(48(43)29-37)47-25-24-40(39-15-9-12-34(28-39)31-56)51(50(47)52(53,54)55)58-46-19-6-4-17-42(46)44-23-21-38(30-49(44)58)36-14-8-11-33(2)27-36/h3-30H,1-2H3. The van der Waals surface area contributed by atoms with Crippen molar-refractivity contribution in [1.82, 2.24) is 9.13 Å². The summed E-state index contributed by atoms with van der Waals surface area (Å²) < 4.78 is 53.5. The molecule has 0 aliphatic rings. The van der Waals surface area contributed by atoms with Crippen LogP contribution in [0.4, 0.5) is 13.2 Å². The number of nitriles is 1. The molecular weight excluding hydrogens is 724 g/mol. The molecule has 58 heavy (non-hydrogen) atoms. The molecule has 10 rings (SSSR count).